The van der Waals surface area contributed by atoms with Crippen LogP contribution >= 0.6 is 24.5 Å². The Balaban J connectivity index is 1.31. The molecule has 0 atom stereocenters. The van der Waals surface area contributed by atoms with E-state index in [1.165, 1.54) is 0 Å². The van der Waals surface area contributed by atoms with Gasteiger partial charge < -0.3 is 9.64 Å². The summed E-state index contributed by atoms with van der Waals surface area (Å²) in [5.74, 6) is 1.55. The minimum atomic E-state index is 0.0968. The Bertz CT molecular complexity index is 2160. The molecular formula is C33H18N8OS2. The summed E-state index contributed by atoms with van der Waals surface area (Å²) in [6.45, 7) is 0. The quantitative estimate of drug-likeness (QED) is 0.197. The van der Waals surface area contributed by atoms with Crippen molar-refractivity contribution in [2.45, 2.75) is 0 Å². The summed E-state index contributed by atoms with van der Waals surface area (Å²) < 4.78 is 19.0. The lowest BCUT2D eigenvalue weighted by Crippen LogP contribution is -2.25. The standard InChI is InChI=1S/C33H18N8OS2/c34-17-18-9-11-19(12-10-18)27-28(37-32-31(36-27)29(38-43)26(35)30-33(32)40-44-39-30)20-13-15-21(16-14-20)41-22-5-1-3-7-24(22)42-25-8-4-2-6-23(25)41/h1-16,35,43H/b35-26?,38-29+. The molecule has 0 radical (unpaired) electrons. The van der Waals surface area contributed by atoms with Crippen molar-refractivity contribution in [3.8, 4) is 51.5 Å². The minimum absolute atomic E-state index is 0.0968. The van der Waals surface area contributed by atoms with Crippen LogP contribution in [-0.4, -0.2) is 30.1 Å². The number of hydrogen-bond acceptors (Lipinski definition) is 11. The van der Waals surface area contributed by atoms with Gasteiger partial charge in [-0.05, 0) is 61.3 Å². The average Bonchev–Trinajstić information content (AvgIpc) is 3.58. The highest BCUT2D eigenvalue weighted by molar-refractivity contribution is 7.79. The normalized spacial score (nSPS) is 13.8. The van der Waals surface area contributed by atoms with Crippen LogP contribution in [0.5, 0.6) is 11.5 Å². The van der Waals surface area contributed by atoms with Crippen LogP contribution < -0.4 is 9.64 Å². The van der Waals surface area contributed by atoms with Crippen LogP contribution in [0, 0.1) is 16.7 Å². The van der Waals surface area contributed by atoms with Gasteiger partial charge in [-0.1, -0.05) is 48.5 Å². The second-order valence-electron chi connectivity index (χ2n) is 10.0. The number of fused-ring (bicyclic) bond motifs is 5. The third kappa shape index (κ3) is 4.00. The topological polar surface area (TPSA) is 124 Å². The SMILES string of the molecule is N#Cc1ccc(-c2nc3c(nc2-c2ccc(N4c5ccccc5Oc5ccccc54)cc2)-c2nsnc2C(=N)/C3=N\S)cc1. The van der Waals surface area contributed by atoms with Crippen molar-refractivity contribution in [2.24, 2.45) is 4.40 Å². The van der Waals surface area contributed by atoms with Crippen molar-refractivity contribution >= 4 is 53.0 Å². The van der Waals surface area contributed by atoms with Gasteiger partial charge in [-0.25, -0.2) is 14.4 Å². The van der Waals surface area contributed by atoms with Crippen LogP contribution in [0.3, 0.4) is 0 Å². The number of benzene rings is 4. The van der Waals surface area contributed by atoms with Gasteiger partial charge >= 0.3 is 0 Å². The molecule has 0 bridgehead atoms. The maximum Gasteiger partial charge on any atom is 0.151 e. The Morgan fingerprint density at radius 2 is 1.27 bits per heavy atom. The third-order valence-electron chi connectivity index (χ3n) is 7.53. The predicted molar refractivity (Wildman–Crippen MR) is 174 cm³/mol. The molecule has 2 aromatic heterocycles. The summed E-state index contributed by atoms with van der Waals surface area (Å²) in [5, 5.41) is 18.0. The van der Waals surface area contributed by atoms with Gasteiger partial charge in [-0.3, -0.25) is 5.41 Å². The van der Waals surface area contributed by atoms with Crippen LogP contribution in [0.25, 0.3) is 33.9 Å². The molecule has 9 nitrogen and oxygen atoms in total. The zero-order valence-corrected chi connectivity index (χ0v) is 24.3. The van der Waals surface area contributed by atoms with E-state index >= 15 is 0 Å². The second kappa shape index (κ2) is 10.2. The van der Waals surface area contributed by atoms with E-state index in [4.69, 9.17) is 20.1 Å². The van der Waals surface area contributed by atoms with E-state index in [1.807, 2.05) is 84.9 Å². The largest absolute Gasteiger partial charge is 0.453 e. The van der Waals surface area contributed by atoms with Crippen LogP contribution in [0.1, 0.15) is 17.0 Å². The van der Waals surface area contributed by atoms with Crippen molar-refractivity contribution in [1.29, 1.82) is 10.7 Å². The molecule has 2 aliphatic rings. The third-order valence-corrected chi connectivity index (χ3v) is 8.25. The van der Waals surface area contributed by atoms with Crippen molar-refractivity contribution in [1.82, 2.24) is 18.7 Å². The molecule has 6 aromatic rings. The molecule has 1 N–H and O–H groups in total. The van der Waals surface area contributed by atoms with Gasteiger partial charge in [0, 0.05) is 16.8 Å². The number of rotatable bonds is 3. The number of ether oxygens (including phenoxy) is 1. The van der Waals surface area contributed by atoms with Gasteiger partial charge in [0.2, 0.25) is 0 Å². The number of aromatic nitrogens is 4. The molecule has 8 rings (SSSR count). The molecule has 0 fully saturated rings. The number of nitriles is 1. The van der Waals surface area contributed by atoms with E-state index in [2.05, 4.69) is 36.9 Å². The average molecular weight is 607 g/mol. The van der Waals surface area contributed by atoms with Gasteiger partial charge in [0.1, 0.15) is 34.2 Å². The number of thiol groups is 1. The molecule has 3 heterocycles. The van der Waals surface area contributed by atoms with E-state index in [0.717, 1.165) is 51.4 Å². The second-order valence-corrected chi connectivity index (χ2v) is 10.7. The van der Waals surface area contributed by atoms with Gasteiger partial charge in [0.25, 0.3) is 0 Å². The minimum Gasteiger partial charge on any atom is -0.453 e. The number of hydrogen-bond donors (Lipinski definition) is 2. The first-order valence-electron chi connectivity index (χ1n) is 13.5. The zero-order valence-electron chi connectivity index (χ0n) is 22.6. The predicted octanol–water partition coefficient (Wildman–Crippen LogP) is 7.79. The van der Waals surface area contributed by atoms with E-state index in [-0.39, 0.29) is 11.4 Å². The highest BCUT2D eigenvalue weighted by Crippen LogP contribution is 2.50. The summed E-state index contributed by atoms with van der Waals surface area (Å²) in [7, 11) is 0. The van der Waals surface area contributed by atoms with Crippen LogP contribution in [-0.2, 0) is 0 Å². The fraction of sp³-hybridized carbons (Fsp3) is 0. The first-order valence-corrected chi connectivity index (χ1v) is 14.6. The van der Waals surface area contributed by atoms with Gasteiger partial charge in [0.05, 0.1) is 46.1 Å². The van der Waals surface area contributed by atoms with Crippen molar-refractivity contribution < 1.29 is 4.74 Å². The van der Waals surface area contributed by atoms with Crippen LogP contribution in [0.15, 0.2) is 101 Å². The molecule has 1 aliphatic carbocycles. The summed E-state index contributed by atoms with van der Waals surface area (Å²) >= 11 is 5.16. The highest BCUT2D eigenvalue weighted by atomic mass is 32.1. The number of nitrogens with one attached hydrogen (secondary N) is 1. The van der Waals surface area contributed by atoms with Crippen molar-refractivity contribution in [3.63, 3.8) is 0 Å². The Labute approximate surface area is 261 Å². The Kier molecular flexibility index (Phi) is 6.04. The summed E-state index contributed by atoms with van der Waals surface area (Å²) in [6.07, 6.45) is 0. The number of nitrogens with zero attached hydrogens (tertiary/aromatic N) is 7. The molecule has 1 aliphatic heterocycles. The fourth-order valence-electron chi connectivity index (χ4n) is 5.46. The van der Waals surface area contributed by atoms with Crippen LogP contribution in [0.2, 0.25) is 0 Å². The lowest BCUT2D eigenvalue weighted by molar-refractivity contribution is 0.477. The fourth-order valence-corrected chi connectivity index (χ4v) is 6.21. The molecular weight excluding hydrogens is 589 g/mol. The Hall–Kier alpha value is -5.70. The molecule has 11 heteroatoms. The van der Waals surface area contributed by atoms with Gasteiger partial charge in [-0.15, -0.1) is 0 Å². The number of anilines is 3. The molecule has 0 spiro atoms. The molecule has 0 saturated heterocycles. The zero-order chi connectivity index (χ0) is 29.8. The summed E-state index contributed by atoms with van der Waals surface area (Å²) in [5.41, 5.74) is 8.33. The van der Waals surface area contributed by atoms with Crippen molar-refractivity contribution in [3.05, 3.63) is 114 Å². The van der Waals surface area contributed by atoms with E-state index in [1.54, 1.807) is 12.1 Å². The summed E-state index contributed by atoms with van der Waals surface area (Å²) in [4.78, 5) is 12.3. The maximum atomic E-state index is 9.36. The lowest BCUT2D eigenvalue weighted by Gasteiger charge is -2.32. The molecule has 0 unspecified atom stereocenters. The smallest absolute Gasteiger partial charge is 0.151 e. The van der Waals surface area contributed by atoms with Crippen LogP contribution in [0.4, 0.5) is 17.1 Å². The Morgan fingerprint density at radius 3 is 1.89 bits per heavy atom. The summed E-state index contributed by atoms with van der Waals surface area (Å²) in [6, 6.07) is 33.4. The Morgan fingerprint density at radius 1 is 0.705 bits per heavy atom. The van der Waals surface area contributed by atoms with Crippen molar-refractivity contribution in [2.75, 3.05) is 4.90 Å². The van der Waals surface area contributed by atoms with Gasteiger partial charge in [-0.2, -0.15) is 14.0 Å². The van der Waals surface area contributed by atoms with E-state index in [9.17, 15) is 5.26 Å². The molecule has 4 aromatic carbocycles. The van der Waals surface area contributed by atoms with E-state index in [0.29, 0.717) is 39.7 Å². The highest BCUT2D eigenvalue weighted by Gasteiger charge is 2.34. The lowest BCUT2D eigenvalue weighted by atomic mass is 9.94. The molecule has 44 heavy (non-hydrogen) atoms. The van der Waals surface area contributed by atoms with E-state index < -0.39 is 0 Å². The molecule has 208 valence electrons. The molecule has 0 amide bonds. The first-order chi connectivity index (χ1) is 21.6. The monoisotopic (exact) mass is 606 g/mol. The first kappa shape index (κ1) is 26.0. The van der Waals surface area contributed by atoms with Gasteiger partial charge in [0.15, 0.2) is 11.5 Å². The number of para-hydroxylation sites is 4. The molecule has 0 saturated carbocycles. The maximum absolute atomic E-state index is 9.36.